The summed E-state index contributed by atoms with van der Waals surface area (Å²) in [5.41, 5.74) is 14.2. The molecule has 0 saturated heterocycles. The molecule has 70 valence electrons. The van der Waals surface area contributed by atoms with Crippen molar-refractivity contribution in [2.24, 2.45) is 5.73 Å². The fourth-order valence-corrected chi connectivity index (χ4v) is 1.25. The summed E-state index contributed by atoms with van der Waals surface area (Å²) in [7, 11) is 0. The molecule has 3 nitrogen and oxygen atoms in total. The highest BCUT2D eigenvalue weighted by molar-refractivity contribution is 5.99. The molecule has 4 N–H and O–H groups in total. The summed E-state index contributed by atoms with van der Waals surface area (Å²) in [6.07, 6.45) is 0. The first-order valence-electron chi connectivity index (χ1n) is 4.16. The van der Waals surface area contributed by atoms with Crippen LogP contribution in [-0.4, -0.2) is 12.3 Å². The molecule has 1 aromatic carbocycles. The van der Waals surface area contributed by atoms with Crippen LogP contribution >= 0.6 is 0 Å². The van der Waals surface area contributed by atoms with Gasteiger partial charge in [-0.15, -0.1) is 0 Å². The van der Waals surface area contributed by atoms with E-state index >= 15 is 0 Å². The number of hydrogen-bond acceptors (Lipinski definition) is 3. The zero-order chi connectivity index (χ0) is 10.0. The molecule has 0 bridgehead atoms. The van der Waals surface area contributed by atoms with Crippen molar-refractivity contribution in [2.75, 3.05) is 12.3 Å². The summed E-state index contributed by atoms with van der Waals surface area (Å²) in [6.45, 7) is 3.78. The zero-order valence-electron chi connectivity index (χ0n) is 7.92. The molecule has 0 unspecified atom stereocenters. The molecule has 0 fully saturated rings. The Kier molecular flexibility index (Phi) is 2.68. The number of nitrogen functional groups attached to an aromatic ring is 1. The van der Waals surface area contributed by atoms with Crippen LogP contribution < -0.4 is 11.5 Å². The standard InChI is InChI=1S/C10H14N2O/c1-6-4-9(12)7(2)3-8(6)10(13)5-11/h3-4H,5,11-12H2,1-2H3. The van der Waals surface area contributed by atoms with E-state index < -0.39 is 0 Å². The number of aryl methyl sites for hydroxylation is 2. The first-order valence-corrected chi connectivity index (χ1v) is 4.16. The van der Waals surface area contributed by atoms with Crippen LogP contribution in [0.25, 0.3) is 0 Å². The van der Waals surface area contributed by atoms with Crippen molar-refractivity contribution >= 4 is 11.5 Å². The Balaban J connectivity index is 3.23. The van der Waals surface area contributed by atoms with Gasteiger partial charge in [-0.2, -0.15) is 0 Å². The maximum absolute atomic E-state index is 11.3. The number of rotatable bonds is 2. The van der Waals surface area contributed by atoms with Crippen molar-refractivity contribution < 1.29 is 4.79 Å². The van der Waals surface area contributed by atoms with Crippen molar-refractivity contribution in [2.45, 2.75) is 13.8 Å². The molecule has 0 heterocycles. The van der Waals surface area contributed by atoms with Gasteiger partial charge in [-0.25, -0.2) is 0 Å². The van der Waals surface area contributed by atoms with Gasteiger partial charge in [-0.3, -0.25) is 4.79 Å². The Bertz CT molecular complexity index is 345. The van der Waals surface area contributed by atoms with Crippen molar-refractivity contribution in [3.8, 4) is 0 Å². The molecular formula is C10H14N2O. The van der Waals surface area contributed by atoms with E-state index in [1.807, 2.05) is 13.8 Å². The minimum Gasteiger partial charge on any atom is -0.399 e. The monoisotopic (exact) mass is 178 g/mol. The molecule has 0 spiro atoms. The molecule has 1 aromatic rings. The summed E-state index contributed by atoms with van der Waals surface area (Å²) in [4.78, 5) is 11.3. The van der Waals surface area contributed by atoms with Crippen LogP contribution in [0.3, 0.4) is 0 Å². The van der Waals surface area contributed by atoms with E-state index in [9.17, 15) is 4.79 Å². The summed E-state index contributed by atoms with van der Waals surface area (Å²) in [6, 6.07) is 3.60. The van der Waals surface area contributed by atoms with E-state index in [1.165, 1.54) is 0 Å². The predicted molar refractivity (Wildman–Crippen MR) is 53.7 cm³/mol. The normalized spacial score (nSPS) is 10.1. The van der Waals surface area contributed by atoms with Gasteiger partial charge in [0.15, 0.2) is 5.78 Å². The van der Waals surface area contributed by atoms with Crippen LogP contribution in [0.1, 0.15) is 21.5 Å². The Morgan fingerprint density at radius 3 is 2.46 bits per heavy atom. The van der Waals surface area contributed by atoms with Gasteiger partial charge in [-0.1, -0.05) is 0 Å². The van der Waals surface area contributed by atoms with Gasteiger partial charge in [0, 0.05) is 11.3 Å². The maximum atomic E-state index is 11.3. The van der Waals surface area contributed by atoms with E-state index in [-0.39, 0.29) is 12.3 Å². The SMILES string of the molecule is Cc1cc(C(=O)CN)c(C)cc1N. The molecule has 0 aromatic heterocycles. The lowest BCUT2D eigenvalue weighted by atomic mass is 10.0. The van der Waals surface area contributed by atoms with Crippen LogP contribution in [-0.2, 0) is 0 Å². The van der Waals surface area contributed by atoms with Crippen molar-refractivity contribution in [1.29, 1.82) is 0 Å². The van der Waals surface area contributed by atoms with E-state index in [0.29, 0.717) is 11.3 Å². The van der Waals surface area contributed by atoms with Gasteiger partial charge in [0.05, 0.1) is 6.54 Å². The summed E-state index contributed by atoms with van der Waals surface area (Å²) in [5.74, 6) is -0.0411. The molecular weight excluding hydrogens is 164 g/mol. The first kappa shape index (κ1) is 9.74. The van der Waals surface area contributed by atoms with E-state index in [4.69, 9.17) is 11.5 Å². The van der Waals surface area contributed by atoms with Gasteiger partial charge < -0.3 is 11.5 Å². The van der Waals surface area contributed by atoms with Crippen molar-refractivity contribution in [1.82, 2.24) is 0 Å². The number of benzene rings is 1. The largest absolute Gasteiger partial charge is 0.399 e. The second-order valence-electron chi connectivity index (χ2n) is 3.15. The van der Waals surface area contributed by atoms with Gasteiger partial charge in [-0.05, 0) is 37.1 Å². The lowest BCUT2D eigenvalue weighted by Gasteiger charge is -2.07. The molecule has 0 aliphatic heterocycles. The van der Waals surface area contributed by atoms with Crippen LogP contribution in [0.4, 0.5) is 5.69 Å². The topological polar surface area (TPSA) is 69.1 Å². The van der Waals surface area contributed by atoms with Gasteiger partial charge in [0.2, 0.25) is 0 Å². The van der Waals surface area contributed by atoms with Crippen LogP contribution in [0, 0.1) is 13.8 Å². The first-order chi connectivity index (χ1) is 6.06. The highest BCUT2D eigenvalue weighted by atomic mass is 16.1. The highest BCUT2D eigenvalue weighted by Gasteiger charge is 2.08. The fraction of sp³-hybridized carbons (Fsp3) is 0.300. The number of anilines is 1. The number of carbonyl (C=O) groups excluding carboxylic acids is 1. The lowest BCUT2D eigenvalue weighted by Crippen LogP contribution is -2.15. The Morgan fingerprint density at radius 2 is 1.92 bits per heavy atom. The highest BCUT2D eigenvalue weighted by Crippen LogP contribution is 2.17. The summed E-state index contributed by atoms with van der Waals surface area (Å²) >= 11 is 0. The maximum Gasteiger partial charge on any atom is 0.176 e. The Labute approximate surface area is 77.7 Å². The molecule has 0 atom stereocenters. The quantitative estimate of drug-likeness (QED) is 0.525. The smallest absolute Gasteiger partial charge is 0.176 e. The van der Waals surface area contributed by atoms with Gasteiger partial charge in [0.25, 0.3) is 0 Å². The number of Topliss-reactive ketones (excluding diaryl/α,β-unsaturated/α-hetero) is 1. The second kappa shape index (κ2) is 3.58. The second-order valence-corrected chi connectivity index (χ2v) is 3.15. The molecule has 3 heteroatoms. The van der Waals surface area contributed by atoms with Crippen LogP contribution in [0.15, 0.2) is 12.1 Å². The van der Waals surface area contributed by atoms with E-state index in [2.05, 4.69) is 0 Å². The molecule has 1 rings (SSSR count). The van der Waals surface area contributed by atoms with E-state index in [0.717, 1.165) is 11.1 Å². The van der Waals surface area contributed by atoms with Gasteiger partial charge >= 0.3 is 0 Å². The third kappa shape index (κ3) is 1.87. The summed E-state index contributed by atoms with van der Waals surface area (Å²) < 4.78 is 0. The van der Waals surface area contributed by atoms with Crippen LogP contribution in [0.2, 0.25) is 0 Å². The fourth-order valence-electron chi connectivity index (χ4n) is 1.25. The number of nitrogens with two attached hydrogens (primary N) is 2. The van der Waals surface area contributed by atoms with Crippen molar-refractivity contribution in [3.63, 3.8) is 0 Å². The number of ketones is 1. The van der Waals surface area contributed by atoms with Crippen LogP contribution in [0.5, 0.6) is 0 Å². The molecule has 0 aliphatic rings. The third-order valence-electron chi connectivity index (χ3n) is 2.10. The molecule has 0 radical (unpaired) electrons. The zero-order valence-corrected chi connectivity index (χ0v) is 7.92. The average Bonchev–Trinajstić information content (AvgIpc) is 2.10. The molecule has 0 amide bonds. The molecule has 13 heavy (non-hydrogen) atoms. The van der Waals surface area contributed by atoms with Gasteiger partial charge in [0.1, 0.15) is 0 Å². The third-order valence-corrected chi connectivity index (χ3v) is 2.10. The lowest BCUT2D eigenvalue weighted by molar-refractivity contribution is 0.100. The number of hydrogen-bond donors (Lipinski definition) is 2. The molecule has 0 aliphatic carbocycles. The van der Waals surface area contributed by atoms with Crippen molar-refractivity contribution in [3.05, 3.63) is 28.8 Å². The summed E-state index contributed by atoms with van der Waals surface area (Å²) in [5, 5.41) is 0. The average molecular weight is 178 g/mol. The minimum absolute atomic E-state index is 0.0411. The minimum atomic E-state index is -0.0411. The predicted octanol–water partition coefficient (Wildman–Crippen LogP) is 1.03. The Hall–Kier alpha value is -1.35. The number of carbonyl (C=O) groups is 1. The van der Waals surface area contributed by atoms with E-state index in [1.54, 1.807) is 12.1 Å². The molecule has 0 saturated carbocycles. The Morgan fingerprint density at radius 1 is 1.31 bits per heavy atom.